The molecule has 5 heteroatoms. The summed E-state index contributed by atoms with van der Waals surface area (Å²) in [7, 11) is 1.56. The lowest BCUT2D eigenvalue weighted by atomic mass is 9.87. The van der Waals surface area contributed by atoms with Crippen LogP contribution in [-0.4, -0.2) is 13.0 Å². The van der Waals surface area contributed by atoms with Crippen LogP contribution in [0.1, 0.15) is 36.9 Å². The molecule has 112 valence electrons. The number of halogens is 1. The third-order valence-corrected chi connectivity index (χ3v) is 3.31. The maximum absolute atomic E-state index is 12.1. The van der Waals surface area contributed by atoms with Gasteiger partial charge < -0.3 is 14.5 Å². The lowest BCUT2D eigenvalue weighted by Crippen LogP contribution is -2.15. The predicted octanol–water partition coefficient (Wildman–Crippen LogP) is 4.49. The number of rotatable bonds is 3. The number of hydrogen-bond acceptors (Lipinski definition) is 3. The molecule has 0 unspecified atom stereocenters. The van der Waals surface area contributed by atoms with Crippen molar-refractivity contribution in [3.05, 3.63) is 46.9 Å². The van der Waals surface area contributed by atoms with Crippen LogP contribution >= 0.6 is 11.6 Å². The number of methoxy groups -OCH3 is 1. The van der Waals surface area contributed by atoms with Gasteiger partial charge in [-0.1, -0.05) is 26.8 Å². The van der Waals surface area contributed by atoms with Gasteiger partial charge in [-0.3, -0.25) is 4.79 Å². The van der Waals surface area contributed by atoms with Crippen molar-refractivity contribution in [3.8, 4) is 5.75 Å². The Balaban J connectivity index is 2.31. The van der Waals surface area contributed by atoms with Crippen LogP contribution in [0.15, 0.2) is 34.7 Å². The first-order chi connectivity index (χ1) is 9.81. The van der Waals surface area contributed by atoms with E-state index < -0.39 is 0 Å². The van der Waals surface area contributed by atoms with Gasteiger partial charge in [0.05, 0.1) is 12.8 Å². The molecule has 0 aliphatic heterocycles. The lowest BCUT2D eigenvalue weighted by molar-refractivity contribution is 0.0996. The highest BCUT2D eigenvalue weighted by Gasteiger charge is 2.18. The molecule has 1 amide bonds. The summed E-state index contributed by atoms with van der Waals surface area (Å²) in [6.45, 7) is 6.31. The Labute approximate surface area is 129 Å². The molecule has 1 aromatic carbocycles. The fourth-order valence-electron chi connectivity index (χ4n) is 1.89. The third kappa shape index (κ3) is 3.58. The molecular formula is C16H18ClNO3. The number of carbonyl (C=O) groups is 1. The first-order valence-corrected chi connectivity index (χ1v) is 6.94. The van der Waals surface area contributed by atoms with E-state index in [0.29, 0.717) is 11.4 Å². The normalized spacial score (nSPS) is 11.3. The number of hydrogen-bond donors (Lipinski definition) is 1. The number of furan rings is 1. The zero-order valence-corrected chi connectivity index (χ0v) is 13.2. The smallest absolute Gasteiger partial charge is 0.291 e. The number of nitrogens with one attached hydrogen (secondary N) is 1. The molecule has 0 atom stereocenters. The predicted molar refractivity (Wildman–Crippen MR) is 83.4 cm³/mol. The molecule has 2 rings (SSSR count). The summed E-state index contributed by atoms with van der Waals surface area (Å²) >= 11 is 5.68. The van der Waals surface area contributed by atoms with Gasteiger partial charge in [0, 0.05) is 0 Å². The summed E-state index contributed by atoms with van der Waals surface area (Å²) in [4.78, 5) is 12.1. The fraction of sp³-hybridized carbons (Fsp3) is 0.312. The monoisotopic (exact) mass is 307 g/mol. The molecule has 2 aromatic rings. The average molecular weight is 308 g/mol. The minimum Gasteiger partial charge on any atom is -0.495 e. The van der Waals surface area contributed by atoms with Gasteiger partial charge in [-0.2, -0.15) is 0 Å². The summed E-state index contributed by atoms with van der Waals surface area (Å²) in [6, 6.07) is 8.78. The van der Waals surface area contributed by atoms with Crippen LogP contribution < -0.4 is 10.1 Å². The second-order valence-electron chi connectivity index (χ2n) is 5.72. The van der Waals surface area contributed by atoms with E-state index in [4.69, 9.17) is 20.8 Å². The number of amides is 1. The van der Waals surface area contributed by atoms with Gasteiger partial charge in [0.15, 0.2) is 11.0 Å². The van der Waals surface area contributed by atoms with E-state index in [1.807, 2.05) is 18.2 Å². The Bertz CT molecular complexity index is 656. The number of carbonyl (C=O) groups excluding carboxylic acids is 1. The van der Waals surface area contributed by atoms with Gasteiger partial charge in [-0.05, 0) is 46.8 Å². The largest absolute Gasteiger partial charge is 0.495 e. The quantitative estimate of drug-likeness (QED) is 0.909. The minimum atomic E-state index is -0.369. The zero-order chi connectivity index (χ0) is 15.6. The Kier molecular flexibility index (Phi) is 4.28. The van der Waals surface area contributed by atoms with Crippen molar-refractivity contribution < 1.29 is 13.9 Å². The van der Waals surface area contributed by atoms with Gasteiger partial charge in [-0.15, -0.1) is 0 Å². The first kappa shape index (κ1) is 15.4. The Morgan fingerprint density at radius 2 is 1.95 bits per heavy atom. The fourth-order valence-corrected chi connectivity index (χ4v) is 2.04. The molecule has 4 nitrogen and oxygen atoms in total. The van der Waals surface area contributed by atoms with Crippen molar-refractivity contribution in [1.29, 1.82) is 0 Å². The van der Waals surface area contributed by atoms with Crippen molar-refractivity contribution >= 4 is 23.2 Å². The highest BCUT2D eigenvalue weighted by atomic mass is 35.5. The highest BCUT2D eigenvalue weighted by Crippen LogP contribution is 2.31. The maximum atomic E-state index is 12.1. The summed E-state index contributed by atoms with van der Waals surface area (Å²) in [5.74, 6) is 0.378. The topological polar surface area (TPSA) is 51.5 Å². The SMILES string of the molecule is COc1ccc(C(C)(C)C)cc1NC(=O)c1ccc(Cl)o1. The van der Waals surface area contributed by atoms with Crippen LogP contribution in [0.25, 0.3) is 0 Å². The van der Waals surface area contributed by atoms with E-state index in [2.05, 4.69) is 26.1 Å². The summed E-state index contributed by atoms with van der Waals surface area (Å²) < 4.78 is 10.4. The van der Waals surface area contributed by atoms with Crippen LogP contribution in [0.4, 0.5) is 5.69 Å². The summed E-state index contributed by atoms with van der Waals surface area (Å²) in [5.41, 5.74) is 1.67. The Morgan fingerprint density at radius 3 is 2.48 bits per heavy atom. The van der Waals surface area contributed by atoms with Crippen LogP contribution in [0, 0.1) is 0 Å². The van der Waals surface area contributed by atoms with Gasteiger partial charge >= 0.3 is 0 Å². The van der Waals surface area contributed by atoms with Crippen molar-refractivity contribution in [1.82, 2.24) is 0 Å². The molecule has 0 radical (unpaired) electrons. The average Bonchev–Trinajstić information content (AvgIpc) is 2.84. The van der Waals surface area contributed by atoms with E-state index in [1.165, 1.54) is 12.1 Å². The van der Waals surface area contributed by atoms with Crippen LogP contribution in [0.5, 0.6) is 5.75 Å². The molecule has 21 heavy (non-hydrogen) atoms. The lowest BCUT2D eigenvalue weighted by Gasteiger charge is -2.21. The van der Waals surface area contributed by atoms with Crippen LogP contribution in [0.2, 0.25) is 5.22 Å². The molecule has 0 spiro atoms. The molecule has 0 saturated carbocycles. The van der Waals surface area contributed by atoms with Crippen LogP contribution in [-0.2, 0) is 5.41 Å². The van der Waals surface area contributed by atoms with Crippen molar-refractivity contribution in [3.63, 3.8) is 0 Å². The van der Waals surface area contributed by atoms with E-state index >= 15 is 0 Å². The number of anilines is 1. The van der Waals surface area contributed by atoms with E-state index in [9.17, 15) is 4.79 Å². The van der Waals surface area contributed by atoms with E-state index in [-0.39, 0.29) is 22.3 Å². The van der Waals surface area contributed by atoms with Crippen LogP contribution in [0.3, 0.4) is 0 Å². The molecule has 0 bridgehead atoms. The molecule has 0 saturated heterocycles. The van der Waals surface area contributed by atoms with E-state index in [0.717, 1.165) is 5.56 Å². The van der Waals surface area contributed by atoms with Gasteiger partial charge in [0.1, 0.15) is 5.75 Å². The summed E-state index contributed by atoms with van der Waals surface area (Å²) in [6.07, 6.45) is 0. The molecule has 1 N–H and O–H groups in total. The molecule has 0 aliphatic rings. The van der Waals surface area contributed by atoms with Gasteiger partial charge in [0.2, 0.25) is 0 Å². The standard InChI is InChI=1S/C16H18ClNO3/c1-16(2,3)10-5-6-12(20-4)11(9-10)18-15(19)13-7-8-14(17)21-13/h5-9H,1-4H3,(H,18,19). The first-order valence-electron chi connectivity index (χ1n) is 6.56. The second-order valence-corrected chi connectivity index (χ2v) is 6.10. The van der Waals surface area contributed by atoms with Gasteiger partial charge in [0.25, 0.3) is 5.91 Å². The molecule has 0 fully saturated rings. The maximum Gasteiger partial charge on any atom is 0.291 e. The second kappa shape index (κ2) is 5.82. The molecule has 1 heterocycles. The van der Waals surface area contributed by atoms with E-state index in [1.54, 1.807) is 7.11 Å². The number of ether oxygens (including phenoxy) is 1. The minimum absolute atomic E-state index is 0.0280. The van der Waals surface area contributed by atoms with Crippen molar-refractivity contribution in [2.24, 2.45) is 0 Å². The number of benzene rings is 1. The molecule has 1 aromatic heterocycles. The molecule has 0 aliphatic carbocycles. The van der Waals surface area contributed by atoms with Crippen molar-refractivity contribution in [2.45, 2.75) is 26.2 Å². The van der Waals surface area contributed by atoms with Crippen molar-refractivity contribution in [2.75, 3.05) is 12.4 Å². The Hall–Kier alpha value is -1.94. The highest BCUT2D eigenvalue weighted by molar-refractivity contribution is 6.29. The third-order valence-electron chi connectivity index (χ3n) is 3.11. The Morgan fingerprint density at radius 1 is 1.24 bits per heavy atom. The zero-order valence-electron chi connectivity index (χ0n) is 12.5. The van der Waals surface area contributed by atoms with Gasteiger partial charge in [-0.25, -0.2) is 0 Å². The summed E-state index contributed by atoms with van der Waals surface area (Å²) in [5, 5.41) is 2.96. The molecular weight excluding hydrogens is 290 g/mol.